The molecule has 1 heterocycles. The highest BCUT2D eigenvalue weighted by Crippen LogP contribution is 2.22. The van der Waals surface area contributed by atoms with Gasteiger partial charge in [0.25, 0.3) is 0 Å². The topological polar surface area (TPSA) is 29.9 Å². The van der Waals surface area contributed by atoms with Crippen molar-refractivity contribution in [3.8, 4) is 5.75 Å². The van der Waals surface area contributed by atoms with Gasteiger partial charge in [0, 0.05) is 17.3 Å². The lowest BCUT2D eigenvalue weighted by Crippen LogP contribution is -2.20. The SMILES string of the molecule is Cc1cccc(OCCn2c(C(C)(C)C)c[nH]c2=S)c1. The van der Waals surface area contributed by atoms with Gasteiger partial charge in [0.15, 0.2) is 4.77 Å². The number of H-pyrrole nitrogens is 1. The monoisotopic (exact) mass is 290 g/mol. The van der Waals surface area contributed by atoms with Crippen molar-refractivity contribution in [3.63, 3.8) is 0 Å². The molecule has 0 unspecified atom stereocenters. The quantitative estimate of drug-likeness (QED) is 0.854. The summed E-state index contributed by atoms with van der Waals surface area (Å²) >= 11 is 5.34. The minimum absolute atomic E-state index is 0.0664. The van der Waals surface area contributed by atoms with E-state index in [1.165, 1.54) is 11.3 Å². The highest BCUT2D eigenvalue weighted by atomic mass is 32.1. The molecule has 4 heteroatoms. The highest BCUT2D eigenvalue weighted by molar-refractivity contribution is 7.71. The fourth-order valence-electron chi connectivity index (χ4n) is 2.20. The molecule has 1 aromatic carbocycles. The zero-order valence-electron chi connectivity index (χ0n) is 12.6. The Morgan fingerprint density at radius 1 is 1.30 bits per heavy atom. The summed E-state index contributed by atoms with van der Waals surface area (Å²) in [5.41, 5.74) is 2.48. The number of hydrogen-bond acceptors (Lipinski definition) is 2. The molecule has 3 nitrogen and oxygen atoms in total. The Bertz CT molecular complexity index is 634. The van der Waals surface area contributed by atoms with E-state index in [9.17, 15) is 0 Å². The molecule has 0 fully saturated rings. The molecule has 20 heavy (non-hydrogen) atoms. The number of benzene rings is 1. The Morgan fingerprint density at radius 3 is 2.70 bits per heavy atom. The Labute approximate surface area is 125 Å². The first kappa shape index (κ1) is 14.9. The van der Waals surface area contributed by atoms with Crippen molar-refractivity contribution >= 4 is 12.2 Å². The molecular formula is C16H22N2OS. The van der Waals surface area contributed by atoms with Gasteiger partial charge in [0.2, 0.25) is 0 Å². The maximum Gasteiger partial charge on any atom is 0.177 e. The van der Waals surface area contributed by atoms with Gasteiger partial charge in [0.1, 0.15) is 12.4 Å². The van der Waals surface area contributed by atoms with E-state index < -0.39 is 0 Å². The normalized spacial score (nSPS) is 11.6. The van der Waals surface area contributed by atoms with E-state index in [-0.39, 0.29) is 5.41 Å². The number of nitrogens with zero attached hydrogens (tertiary/aromatic N) is 1. The van der Waals surface area contributed by atoms with E-state index in [0.29, 0.717) is 6.61 Å². The summed E-state index contributed by atoms with van der Waals surface area (Å²) < 4.78 is 8.67. The Balaban J connectivity index is 2.05. The van der Waals surface area contributed by atoms with Gasteiger partial charge in [-0.1, -0.05) is 32.9 Å². The Morgan fingerprint density at radius 2 is 2.05 bits per heavy atom. The third-order valence-corrected chi connectivity index (χ3v) is 3.55. The average Bonchev–Trinajstić information content (AvgIpc) is 2.71. The molecule has 108 valence electrons. The number of ether oxygens (including phenoxy) is 1. The molecule has 0 amide bonds. The van der Waals surface area contributed by atoms with Crippen LogP contribution in [0.1, 0.15) is 32.0 Å². The third-order valence-electron chi connectivity index (χ3n) is 3.21. The second kappa shape index (κ2) is 5.83. The van der Waals surface area contributed by atoms with Gasteiger partial charge in [-0.3, -0.25) is 0 Å². The fourth-order valence-corrected chi connectivity index (χ4v) is 2.45. The average molecular weight is 290 g/mol. The van der Waals surface area contributed by atoms with Gasteiger partial charge < -0.3 is 14.3 Å². The van der Waals surface area contributed by atoms with E-state index in [4.69, 9.17) is 17.0 Å². The summed E-state index contributed by atoms with van der Waals surface area (Å²) in [6.07, 6.45) is 2.00. The van der Waals surface area contributed by atoms with Crippen molar-refractivity contribution in [2.75, 3.05) is 6.61 Å². The number of imidazole rings is 1. The van der Waals surface area contributed by atoms with Crippen LogP contribution in [-0.4, -0.2) is 16.2 Å². The van der Waals surface area contributed by atoms with Crippen molar-refractivity contribution in [3.05, 3.63) is 46.5 Å². The van der Waals surface area contributed by atoms with Crippen LogP contribution in [-0.2, 0) is 12.0 Å². The second-order valence-electron chi connectivity index (χ2n) is 6.05. The minimum atomic E-state index is 0.0664. The molecule has 0 atom stereocenters. The second-order valence-corrected chi connectivity index (χ2v) is 6.43. The van der Waals surface area contributed by atoms with Crippen LogP contribution in [0.2, 0.25) is 0 Å². The van der Waals surface area contributed by atoms with Crippen molar-refractivity contribution < 1.29 is 4.74 Å². The van der Waals surface area contributed by atoms with E-state index >= 15 is 0 Å². The van der Waals surface area contributed by atoms with E-state index in [1.807, 2.05) is 24.4 Å². The summed E-state index contributed by atoms with van der Waals surface area (Å²) in [5, 5.41) is 0. The van der Waals surface area contributed by atoms with Crippen LogP contribution in [0.25, 0.3) is 0 Å². The zero-order chi connectivity index (χ0) is 14.8. The van der Waals surface area contributed by atoms with Gasteiger partial charge in [-0.15, -0.1) is 0 Å². The van der Waals surface area contributed by atoms with Gasteiger partial charge in [-0.05, 0) is 36.8 Å². The van der Waals surface area contributed by atoms with Crippen molar-refractivity contribution in [1.82, 2.24) is 9.55 Å². The zero-order valence-corrected chi connectivity index (χ0v) is 13.4. The van der Waals surface area contributed by atoms with Crippen LogP contribution in [0.5, 0.6) is 5.75 Å². The van der Waals surface area contributed by atoms with E-state index in [1.54, 1.807) is 0 Å². The lowest BCUT2D eigenvalue weighted by Gasteiger charge is -2.20. The molecule has 1 aromatic heterocycles. The first-order valence-corrected chi connectivity index (χ1v) is 7.27. The van der Waals surface area contributed by atoms with Crippen LogP contribution in [0.4, 0.5) is 0 Å². The molecule has 0 aliphatic rings. The number of nitrogens with one attached hydrogen (secondary N) is 1. The van der Waals surface area contributed by atoms with Crippen LogP contribution >= 0.6 is 12.2 Å². The first-order chi connectivity index (χ1) is 9.38. The molecule has 0 saturated carbocycles. The molecule has 2 rings (SSSR count). The molecule has 0 saturated heterocycles. The molecular weight excluding hydrogens is 268 g/mol. The van der Waals surface area contributed by atoms with E-state index in [2.05, 4.69) is 43.3 Å². The lowest BCUT2D eigenvalue weighted by atomic mass is 9.93. The molecule has 0 spiro atoms. The largest absolute Gasteiger partial charge is 0.492 e. The lowest BCUT2D eigenvalue weighted by molar-refractivity contribution is 0.292. The molecule has 0 bridgehead atoms. The number of aromatic amines is 1. The summed E-state index contributed by atoms with van der Waals surface area (Å²) in [6, 6.07) is 8.09. The van der Waals surface area contributed by atoms with Gasteiger partial charge in [-0.25, -0.2) is 0 Å². The maximum atomic E-state index is 5.80. The smallest absolute Gasteiger partial charge is 0.177 e. The van der Waals surface area contributed by atoms with Gasteiger partial charge in [-0.2, -0.15) is 0 Å². The number of aromatic nitrogens is 2. The highest BCUT2D eigenvalue weighted by Gasteiger charge is 2.19. The standard InChI is InChI=1S/C16H22N2OS/c1-12-6-5-7-13(10-12)19-9-8-18-14(16(2,3)4)11-17-15(18)20/h5-7,10-11H,8-9H2,1-4H3,(H,17,20). The molecule has 0 aliphatic carbocycles. The van der Waals surface area contributed by atoms with Gasteiger partial charge >= 0.3 is 0 Å². The molecule has 1 N–H and O–H groups in total. The van der Waals surface area contributed by atoms with Crippen molar-refractivity contribution in [2.24, 2.45) is 0 Å². The summed E-state index contributed by atoms with van der Waals surface area (Å²) in [7, 11) is 0. The number of hydrogen-bond donors (Lipinski definition) is 1. The number of aryl methyl sites for hydroxylation is 1. The summed E-state index contributed by atoms with van der Waals surface area (Å²) in [4.78, 5) is 3.12. The first-order valence-electron chi connectivity index (χ1n) is 6.86. The fraction of sp³-hybridized carbons (Fsp3) is 0.438. The summed E-state index contributed by atoms with van der Waals surface area (Å²) in [5.74, 6) is 0.907. The summed E-state index contributed by atoms with van der Waals surface area (Å²) in [6.45, 7) is 9.98. The molecule has 0 radical (unpaired) electrons. The van der Waals surface area contributed by atoms with Crippen molar-refractivity contribution in [1.29, 1.82) is 0 Å². The molecule has 0 aliphatic heterocycles. The third kappa shape index (κ3) is 3.51. The van der Waals surface area contributed by atoms with Crippen LogP contribution in [0, 0.1) is 11.7 Å². The van der Waals surface area contributed by atoms with Crippen LogP contribution < -0.4 is 4.74 Å². The number of rotatable bonds is 4. The van der Waals surface area contributed by atoms with Crippen LogP contribution in [0.3, 0.4) is 0 Å². The van der Waals surface area contributed by atoms with Crippen LogP contribution in [0.15, 0.2) is 30.5 Å². The van der Waals surface area contributed by atoms with Crippen molar-refractivity contribution in [2.45, 2.75) is 39.7 Å². The Hall–Kier alpha value is -1.55. The predicted molar refractivity (Wildman–Crippen MR) is 85.0 cm³/mol. The van der Waals surface area contributed by atoms with E-state index in [0.717, 1.165) is 17.1 Å². The molecule has 2 aromatic rings. The maximum absolute atomic E-state index is 5.80. The minimum Gasteiger partial charge on any atom is -0.492 e. The predicted octanol–water partition coefficient (Wildman–Crippen LogP) is 4.23. The van der Waals surface area contributed by atoms with Gasteiger partial charge in [0.05, 0.1) is 6.54 Å². The Kier molecular flexibility index (Phi) is 4.33.